The molecule has 3 aromatic rings. The third-order valence-electron chi connectivity index (χ3n) is 6.82. The summed E-state index contributed by atoms with van der Waals surface area (Å²) in [5, 5.41) is 11.3. The first kappa shape index (κ1) is 22.9. The van der Waals surface area contributed by atoms with E-state index in [1.807, 2.05) is 68.4 Å². The summed E-state index contributed by atoms with van der Waals surface area (Å²) in [5.41, 5.74) is 1.80. The molecule has 0 aromatic heterocycles. The highest BCUT2D eigenvalue weighted by Crippen LogP contribution is 2.42. The highest BCUT2D eigenvalue weighted by atomic mass is 16.8. The number of likely N-dealkylation sites (N-methyl/N-ethyl adjacent to an activating group) is 1. The van der Waals surface area contributed by atoms with Gasteiger partial charge in [0.15, 0.2) is 12.0 Å². The monoisotopic (exact) mass is 488 g/mol. The molecule has 3 saturated heterocycles. The van der Waals surface area contributed by atoms with Crippen LogP contribution in [0.1, 0.15) is 24.2 Å². The van der Waals surface area contributed by atoms with Crippen LogP contribution in [0.15, 0.2) is 66.7 Å². The lowest BCUT2D eigenvalue weighted by Crippen LogP contribution is -2.59. The molecule has 0 aliphatic carbocycles. The number of hydrogen-bond acceptors (Lipinski definition) is 6. The van der Waals surface area contributed by atoms with Gasteiger partial charge in [-0.1, -0.05) is 36.4 Å². The largest absolute Gasteiger partial charge is 0.346 e. The van der Waals surface area contributed by atoms with Crippen LogP contribution in [0, 0.1) is 0 Å². The summed E-state index contributed by atoms with van der Waals surface area (Å²) in [7, 11) is 1.84. The average molecular weight is 489 g/mol. The zero-order chi connectivity index (χ0) is 25.0. The lowest BCUT2D eigenvalue weighted by Gasteiger charge is -2.42. The maximum absolute atomic E-state index is 13.2. The van der Waals surface area contributed by atoms with Crippen molar-refractivity contribution >= 4 is 34.1 Å². The van der Waals surface area contributed by atoms with E-state index in [0.717, 1.165) is 16.5 Å². The minimum atomic E-state index is -0.712. The standard InChI is InChI=1S/C27H28N4O5/c1-27(2)35-22-21-15-30(3)31(25(34-21)23(22)36-27)26(33)28-18-13-11-17(12-14-18)24(32)29-20-10-6-8-16-7-4-5-9-19(16)20/h4-14,21-23,25H,15H2,1-3H3,(H,28,33)(H,29,32)/t21-,22-,23-,25-/m1/s1. The van der Waals surface area contributed by atoms with E-state index in [2.05, 4.69) is 10.6 Å². The number of urea groups is 1. The Balaban J connectivity index is 1.14. The van der Waals surface area contributed by atoms with Crippen molar-refractivity contribution < 1.29 is 23.8 Å². The van der Waals surface area contributed by atoms with E-state index < -0.39 is 12.0 Å². The number of nitrogens with zero attached hydrogens (tertiary/aromatic N) is 2. The number of rotatable bonds is 3. The van der Waals surface area contributed by atoms with Gasteiger partial charge < -0.3 is 24.8 Å². The Bertz CT molecular complexity index is 1320. The van der Waals surface area contributed by atoms with Crippen LogP contribution in [-0.2, 0) is 14.2 Å². The molecule has 0 spiro atoms. The molecule has 4 atom stereocenters. The van der Waals surface area contributed by atoms with E-state index in [0.29, 0.717) is 17.8 Å². The molecule has 9 nitrogen and oxygen atoms in total. The highest BCUT2D eigenvalue weighted by molar-refractivity contribution is 6.09. The first-order chi connectivity index (χ1) is 17.3. The van der Waals surface area contributed by atoms with Gasteiger partial charge in [-0.3, -0.25) is 4.79 Å². The molecular formula is C27H28N4O5. The van der Waals surface area contributed by atoms with Crippen LogP contribution in [-0.4, -0.2) is 65.9 Å². The molecule has 36 heavy (non-hydrogen) atoms. The van der Waals surface area contributed by atoms with Gasteiger partial charge in [-0.2, -0.15) is 0 Å². The van der Waals surface area contributed by atoms with Crippen molar-refractivity contribution in [2.24, 2.45) is 0 Å². The number of hydrazine groups is 1. The van der Waals surface area contributed by atoms with Gasteiger partial charge in [-0.15, -0.1) is 0 Å². The Morgan fingerprint density at radius 1 is 0.917 bits per heavy atom. The number of ether oxygens (including phenoxy) is 3. The summed E-state index contributed by atoms with van der Waals surface area (Å²) in [6, 6.07) is 20.1. The molecule has 9 heteroatoms. The first-order valence-electron chi connectivity index (χ1n) is 12.0. The molecule has 3 amide bonds. The van der Waals surface area contributed by atoms with Gasteiger partial charge >= 0.3 is 6.03 Å². The van der Waals surface area contributed by atoms with Crippen molar-refractivity contribution in [3.63, 3.8) is 0 Å². The van der Waals surface area contributed by atoms with Crippen LogP contribution in [0.2, 0.25) is 0 Å². The number of carbonyl (C=O) groups excluding carboxylic acids is 2. The highest BCUT2D eigenvalue weighted by Gasteiger charge is 2.61. The molecule has 2 bridgehead atoms. The maximum atomic E-state index is 13.2. The van der Waals surface area contributed by atoms with Crippen molar-refractivity contribution in [1.82, 2.24) is 10.0 Å². The predicted molar refractivity (Wildman–Crippen MR) is 134 cm³/mol. The third kappa shape index (κ3) is 4.00. The van der Waals surface area contributed by atoms with Gasteiger partial charge in [0.25, 0.3) is 5.91 Å². The minimum Gasteiger partial charge on any atom is -0.346 e. The van der Waals surface area contributed by atoms with Crippen LogP contribution in [0.3, 0.4) is 0 Å². The zero-order valence-electron chi connectivity index (χ0n) is 20.3. The Morgan fingerprint density at radius 2 is 1.64 bits per heavy atom. The van der Waals surface area contributed by atoms with Gasteiger partial charge in [-0.05, 0) is 49.6 Å². The summed E-state index contributed by atoms with van der Waals surface area (Å²) in [4.78, 5) is 26.1. The lowest BCUT2D eigenvalue weighted by atomic mass is 10.1. The molecule has 186 valence electrons. The molecule has 6 rings (SSSR count). The number of fused-ring (bicyclic) bond motifs is 6. The maximum Gasteiger partial charge on any atom is 0.338 e. The second kappa shape index (κ2) is 8.56. The number of amides is 3. The molecule has 3 aliphatic heterocycles. The second-order valence-corrected chi connectivity index (χ2v) is 9.80. The fourth-order valence-electron chi connectivity index (χ4n) is 5.23. The number of anilines is 2. The molecule has 3 aromatic carbocycles. The van der Waals surface area contributed by atoms with Crippen LogP contribution in [0.25, 0.3) is 10.8 Å². The summed E-state index contributed by atoms with van der Waals surface area (Å²) >= 11 is 0. The predicted octanol–water partition coefficient (Wildman–Crippen LogP) is 4.03. The SMILES string of the molecule is CN1C[C@H]2O[C@H]([C@@H]3OC(C)(C)O[C@@H]32)N1C(=O)Nc1ccc(C(=O)Nc2cccc3ccccc23)cc1. The summed E-state index contributed by atoms with van der Waals surface area (Å²) in [5.74, 6) is -0.937. The quantitative estimate of drug-likeness (QED) is 0.578. The van der Waals surface area contributed by atoms with Gasteiger partial charge in [0, 0.05) is 35.9 Å². The van der Waals surface area contributed by atoms with Crippen molar-refractivity contribution in [3.05, 3.63) is 72.3 Å². The molecule has 2 N–H and O–H groups in total. The van der Waals surface area contributed by atoms with E-state index in [1.165, 1.54) is 5.01 Å². The van der Waals surface area contributed by atoms with Gasteiger partial charge in [0.05, 0.1) is 0 Å². The Morgan fingerprint density at radius 3 is 2.44 bits per heavy atom. The Kier molecular flexibility index (Phi) is 5.45. The van der Waals surface area contributed by atoms with Crippen LogP contribution in [0.4, 0.5) is 16.2 Å². The summed E-state index contributed by atoms with van der Waals surface area (Å²) < 4.78 is 18.1. The van der Waals surface area contributed by atoms with E-state index in [4.69, 9.17) is 14.2 Å². The van der Waals surface area contributed by atoms with Gasteiger partial charge in [0.2, 0.25) is 0 Å². The van der Waals surface area contributed by atoms with E-state index in [-0.39, 0.29) is 30.3 Å². The molecule has 3 aliphatic rings. The normalized spacial score (nSPS) is 26.6. The molecule has 0 unspecified atom stereocenters. The molecule has 3 fully saturated rings. The zero-order valence-corrected chi connectivity index (χ0v) is 20.3. The van der Waals surface area contributed by atoms with Crippen LogP contribution >= 0.6 is 0 Å². The summed E-state index contributed by atoms with van der Waals surface area (Å²) in [6.07, 6.45) is -1.31. The number of benzene rings is 3. The van der Waals surface area contributed by atoms with E-state index >= 15 is 0 Å². The van der Waals surface area contributed by atoms with Crippen LogP contribution < -0.4 is 10.6 Å². The summed E-state index contributed by atoms with van der Waals surface area (Å²) in [6.45, 7) is 4.25. The third-order valence-corrected chi connectivity index (χ3v) is 6.82. The topological polar surface area (TPSA) is 92.4 Å². The van der Waals surface area contributed by atoms with Crippen LogP contribution in [0.5, 0.6) is 0 Å². The molecule has 0 saturated carbocycles. The van der Waals surface area contributed by atoms with E-state index in [1.54, 1.807) is 24.3 Å². The van der Waals surface area contributed by atoms with Crippen molar-refractivity contribution in [2.45, 2.75) is 44.2 Å². The smallest absolute Gasteiger partial charge is 0.338 e. The number of hydrogen-bond donors (Lipinski definition) is 2. The lowest BCUT2D eigenvalue weighted by molar-refractivity contribution is -0.247. The fraction of sp³-hybridized carbons (Fsp3) is 0.333. The molecule has 3 heterocycles. The Labute approximate surface area is 208 Å². The minimum absolute atomic E-state index is 0.157. The van der Waals surface area contributed by atoms with Crippen molar-refractivity contribution in [3.8, 4) is 0 Å². The van der Waals surface area contributed by atoms with Crippen molar-refractivity contribution in [1.29, 1.82) is 0 Å². The second-order valence-electron chi connectivity index (χ2n) is 9.80. The van der Waals surface area contributed by atoms with E-state index in [9.17, 15) is 9.59 Å². The average Bonchev–Trinajstić information content (AvgIpc) is 3.31. The number of carbonyl (C=O) groups is 2. The molecular weight excluding hydrogens is 460 g/mol. The van der Waals surface area contributed by atoms with Gasteiger partial charge in [0.1, 0.15) is 18.3 Å². The Hall–Kier alpha value is -3.50. The molecule has 0 radical (unpaired) electrons. The first-order valence-corrected chi connectivity index (χ1v) is 12.0. The number of nitrogens with one attached hydrogen (secondary N) is 2. The van der Waals surface area contributed by atoms with Gasteiger partial charge in [-0.25, -0.2) is 14.8 Å². The fourth-order valence-corrected chi connectivity index (χ4v) is 5.23. The van der Waals surface area contributed by atoms with Crippen molar-refractivity contribution in [2.75, 3.05) is 24.2 Å².